The number of pyridine rings is 1. The number of nitrogens with zero attached hydrogens (tertiary/aromatic N) is 2. The lowest BCUT2D eigenvalue weighted by atomic mass is 10.0. The number of amides is 2. The summed E-state index contributed by atoms with van der Waals surface area (Å²) in [5, 5.41) is 2.91. The van der Waals surface area contributed by atoms with Gasteiger partial charge in [-0.25, -0.2) is 4.98 Å². The first-order valence-electron chi connectivity index (χ1n) is 9.02. The third-order valence-electron chi connectivity index (χ3n) is 4.85. The molecule has 142 valence electrons. The quantitative estimate of drug-likeness (QED) is 0.846. The number of nitrogens with two attached hydrogens (primary N) is 1. The van der Waals surface area contributed by atoms with Crippen LogP contribution in [-0.2, 0) is 0 Å². The molecule has 1 aliphatic heterocycles. The van der Waals surface area contributed by atoms with Crippen molar-refractivity contribution in [2.45, 2.75) is 32.2 Å². The highest BCUT2D eigenvalue weighted by atomic mass is 16.5. The average Bonchev–Trinajstić information content (AvgIpc) is 2.68. The van der Waals surface area contributed by atoms with Gasteiger partial charge in [0.25, 0.3) is 5.91 Å². The van der Waals surface area contributed by atoms with Gasteiger partial charge in [0.2, 0.25) is 11.8 Å². The fourth-order valence-corrected chi connectivity index (χ4v) is 3.41. The zero-order valence-corrected chi connectivity index (χ0v) is 15.6. The lowest BCUT2D eigenvalue weighted by Crippen LogP contribution is -2.38. The van der Waals surface area contributed by atoms with Gasteiger partial charge in [0.15, 0.2) is 0 Å². The van der Waals surface area contributed by atoms with E-state index in [-0.39, 0.29) is 11.8 Å². The number of carbonyl (C=O) groups excluding carboxylic acids is 2. The molecule has 0 bridgehead atoms. The molecule has 1 fully saturated rings. The predicted molar refractivity (Wildman–Crippen MR) is 104 cm³/mol. The Labute approximate surface area is 158 Å². The van der Waals surface area contributed by atoms with Gasteiger partial charge in [-0.3, -0.25) is 9.59 Å². The summed E-state index contributed by atoms with van der Waals surface area (Å²) in [4.78, 5) is 30.8. The first-order chi connectivity index (χ1) is 13.0. The molecule has 0 spiro atoms. The smallest absolute Gasteiger partial charge is 0.261 e. The van der Waals surface area contributed by atoms with Gasteiger partial charge in [0.05, 0.1) is 18.5 Å². The molecule has 2 heterocycles. The lowest BCUT2D eigenvalue weighted by Gasteiger charge is -2.36. The third kappa shape index (κ3) is 4.02. The van der Waals surface area contributed by atoms with E-state index in [9.17, 15) is 9.59 Å². The molecule has 0 radical (unpaired) electrons. The summed E-state index contributed by atoms with van der Waals surface area (Å²) in [6, 6.07) is 8.83. The Kier molecular flexibility index (Phi) is 5.59. The van der Waals surface area contributed by atoms with Crippen LogP contribution in [0.3, 0.4) is 0 Å². The fourth-order valence-electron chi connectivity index (χ4n) is 3.41. The van der Waals surface area contributed by atoms with Crippen molar-refractivity contribution in [1.29, 1.82) is 0 Å². The number of nitrogens with one attached hydrogen (secondary N) is 1. The number of hydrogen-bond donors (Lipinski definition) is 2. The van der Waals surface area contributed by atoms with Crippen molar-refractivity contribution in [3.05, 3.63) is 47.7 Å². The van der Waals surface area contributed by atoms with Gasteiger partial charge in [-0.2, -0.15) is 0 Å². The van der Waals surface area contributed by atoms with Crippen molar-refractivity contribution in [2.75, 3.05) is 23.9 Å². The summed E-state index contributed by atoms with van der Waals surface area (Å²) < 4.78 is 5.17. The normalized spacial score (nSPS) is 16.7. The van der Waals surface area contributed by atoms with Crippen LogP contribution in [0.5, 0.6) is 5.88 Å². The third-order valence-corrected chi connectivity index (χ3v) is 4.85. The van der Waals surface area contributed by atoms with Gasteiger partial charge in [-0.15, -0.1) is 0 Å². The van der Waals surface area contributed by atoms with E-state index in [1.165, 1.54) is 13.5 Å². The van der Waals surface area contributed by atoms with E-state index in [1.807, 2.05) is 6.07 Å². The molecule has 0 saturated carbocycles. The molecule has 1 aliphatic rings. The number of carbonyl (C=O) groups is 2. The number of hydrogen-bond acceptors (Lipinski definition) is 5. The number of primary amides is 1. The zero-order valence-electron chi connectivity index (χ0n) is 15.6. The first-order valence-corrected chi connectivity index (χ1v) is 9.02. The second kappa shape index (κ2) is 8.07. The van der Waals surface area contributed by atoms with Gasteiger partial charge in [-0.05, 0) is 56.5 Å². The Morgan fingerprint density at radius 3 is 2.81 bits per heavy atom. The van der Waals surface area contributed by atoms with E-state index < -0.39 is 5.91 Å². The minimum Gasteiger partial charge on any atom is -0.480 e. The molecule has 3 N–H and O–H groups in total. The molecule has 1 unspecified atom stereocenters. The highest BCUT2D eigenvalue weighted by molar-refractivity contribution is 6.08. The van der Waals surface area contributed by atoms with Gasteiger partial charge >= 0.3 is 0 Å². The van der Waals surface area contributed by atoms with E-state index in [1.54, 1.807) is 30.5 Å². The summed E-state index contributed by atoms with van der Waals surface area (Å²) in [5.74, 6) is -0.649. The molecule has 1 saturated heterocycles. The highest BCUT2D eigenvalue weighted by Crippen LogP contribution is 2.33. The standard InChI is InChI=1S/C20H24N4O3/c1-13-6-3-4-11-24(13)17-9-8-14(18(21)25)12-16(17)23-19(26)15-7-5-10-22-20(15)27-2/h5,7-10,12-13H,3-4,6,11H2,1-2H3,(H2,21,25)(H,23,26). The van der Waals surface area contributed by atoms with Crippen LogP contribution < -0.4 is 20.7 Å². The molecule has 2 amide bonds. The Morgan fingerprint density at radius 1 is 1.30 bits per heavy atom. The van der Waals surface area contributed by atoms with Crippen molar-refractivity contribution in [3.8, 4) is 5.88 Å². The summed E-state index contributed by atoms with van der Waals surface area (Å²) in [7, 11) is 1.47. The molecule has 7 nitrogen and oxygen atoms in total. The zero-order chi connectivity index (χ0) is 19.4. The molecule has 27 heavy (non-hydrogen) atoms. The van der Waals surface area contributed by atoms with Crippen LogP contribution in [0.2, 0.25) is 0 Å². The monoisotopic (exact) mass is 368 g/mol. The van der Waals surface area contributed by atoms with Crippen LogP contribution in [0.1, 0.15) is 46.9 Å². The molecule has 1 aromatic heterocycles. The number of anilines is 2. The maximum Gasteiger partial charge on any atom is 0.261 e. The minimum absolute atomic E-state index is 0.244. The summed E-state index contributed by atoms with van der Waals surface area (Å²) in [6.45, 7) is 3.06. The maximum atomic E-state index is 12.8. The highest BCUT2D eigenvalue weighted by Gasteiger charge is 2.23. The Bertz CT molecular complexity index is 853. The number of ether oxygens (including phenoxy) is 1. The van der Waals surface area contributed by atoms with Crippen LogP contribution in [0.4, 0.5) is 11.4 Å². The van der Waals surface area contributed by atoms with Crippen LogP contribution in [0.25, 0.3) is 0 Å². The summed E-state index contributed by atoms with van der Waals surface area (Å²) in [6.07, 6.45) is 4.92. The van der Waals surface area contributed by atoms with Gasteiger partial charge < -0.3 is 20.7 Å². The molecule has 2 aromatic rings. The topological polar surface area (TPSA) is 97.5 Å². The molecular weight excluding hydrogens is 344 g/mol. The first kappa shape index (κ1) is 18.7. The summed E-state index contributed by atoms with van der Waals surface area (Å²) >= 11 is 0. The molecule has 3 rings (SSSR count). The largest absolute Gasteiger partial charge is 0.480 e. The molecular formula is C20H24N4O3. The number of benzene rings is 1. The van der Waals surface area contributed by atoms with E-state index in [4.69, 9.17) is 10.5 Å². The van der Waals surface area contributed by atoms with E-state index in [2.05, 4.69) is 22.1 Å². The van der Waals surface area contributed by atoms with Crippen LogP contribution in [-0.4, -0.2) is 36.5 Å². The number of aromatic nitrogens is 1. The van der Waals surface area contributed by atoms with E-state index >= 15 is 0 Å². The summed E-state index contributed by atoms with van der Waals surface area (Å²) in [5.41, 5.74) is 7.53. The van der Waals surface area contributed by atoms with Crippen molar-refractivity contribution >= 4 is 23.2 Å². The maximum absolute atomic E-state index is 12.8. The minimum atomic E-state index is -0.539. The molecule has 1 aromatic carbocycles. The van der Waals surface area contributed by atoms with Crippen molar-refractivity contribution in [2.24, 2.45) is 5.73 Å². The Morgan fingerprint density at radius 2 is 2.11 bits per heavy atom. The van der Waals surface area contributed by atoms with Crippen LogP contribution in [0, 0.1) is 0 Å². The van der Waals surface area contributed by atoms with Gasteiger partial charge in [-0.1, -0.05) is 0 Å². The van der Waals surface area contributed by atoms with E-state index in [0.29, 0.717) is 22.9 Å². The molecule has 0 aliphatic carbocycles. The fraction of sp³-hybridized carbons (Fsp3) is 0.350. The van der Waals surface area contributed by atoms with Crippen LogP contribution in [0.15, 0.2) is 36.5 Å². The Hall–Kier alpha value is -3.09. The van der Waals surface area contributed by atoms with Crippen molar-refractivity contribution in [3.63, 3.8) is 0 Å². The lowest BCUT2D eigenvalue weighted by molar-refractivity contribution is 0.0995. The van der Waals surface area contributed by atoms with E-state index in [0.717, 1.165) is 25.1 Å². The van der Waals surface area contributed by atoms with Gasteiger partial charge in [0.1, 0.15) is 5.56 Å². The SMILES string of the molecule is COc1ncccc1C(=O)Nc1cc(C(N)=O)ccc1N1CCCCC1C. The molecule has 7 heteroatoms. The number of rotatable bonds is 5. The average molecular weight is 368 g/mol. The second-order valence-corrected chi connectivity index (χ2v) is 6.65. The molecule has 1 atom stereocenters. The number of methoxy groups -OCH3 is 1. The van der Waals surface area contributed by atoms with Gasteiger partial charge in [0, 0.05) is 24.3 Å². The van der Waals surface area contributed by atoms with Crippen molar-refractivity contribution in [1.82, 2.24) is 4.98 Å². The Balaban J connectivity index is 1.97. The predicted octanol–water partition coefficient (Wildman–Crippen LogP) is 2.82. The van der Waals surface area contributed by atoms with Crippen molar-refractivity contribution < 1.29 is 14.3 Å². The van der Waals surface area contributed by atoms with Crippen LogP contribution >= 0.6 is 0 Å². The number of piperidine rings is 1. The second-order valence-electron chi connectivity index (χ2n) is 6.65.